The molecule has 118 valence electrons. The van der Waals surface area contributed by atoms with E-state index in [4.69, 9.17) is 11.6 Å². The van der Waals surface area contributed by atoms with E-state index in [2.05, 4.69) is 5.32 Å². The van der Waals surface area contributed by atoms with Gasteiger partial charge in [0.25, 0.3) is 0 Å². The third kappa shape index (κ3) is 6.07. The highest BCUT2D eigenvalue weighted by Crippen LogP contribution is 2.17. The molecule has 0 unspecified atom stereocenters. The molecule has 6 heteroatoms. The molecule has 1 fully saturated rings. The van der Waals surface area contributed by atoms with E-state index < -0.39 is 0 Å². The first-order valence-corrected chi connectivity index (χ1v) is 8.49. The Balaban J connectivity index is 0.00000220. The van der Waals surface area contributed by atoms with E-state index in [1.165, 1.54) is 5.56 Å². The van der Waals surface area contributed by atoms with Gasteiger partial charge in [-0.3, -0.25) is 4.79 Å². The Hall–Kier alpha value is -0.420. The van der Waals surface area contributed by atoms with Crippen molar-refractivity contribution in [2.24, 2.45) is 0 Å². The van der Waals surface area contributed by atoms with Crippen LogP contribution >= 0.6 is 35.8 Å². The number of hydrogen-bond donors (Lipinski definition) is 1. The van der Waals surface area contributed by atoms with E-state index >= 15 is 0 Å². The van der Waals surface area contributed by atoms with E-state index in [9.17, 15) is 4.79 Å². The van der Waals surface area contributed by atoms with Gasteiger partial charge in [-0.25, -0.2) is 0 Å². The van der Waals surface area contributed by atoms with Crippen LogP contribution < -0.4 is 5.32 Å². The number of hydrogen-bond acceptors (Lipinski definition) is 3. The molecule has 0 spiro atoms. The molecule has 0 aromatic heterocycles. The van der Waals surface area contributed by atoms with E-state index in [0.717, 1.165) is 36.7 Å². The molecular formula is C15H22Cl2N2OS. The number of halogens is 2. The van der Waals surface area contributed by atoms with Gasteiger partial charge in [-0.2, -0.15) is 0 Å². The first kappa shape index (κ1) is 18.6. The van der Waals surface area contributed by atoms with Crippen molar-refractivity contribution in [3.8, 4) is 0 Å². The van der Waals surface area contributed by atoms with Crippen molar-refractivity contribution in [2.75, 3.05) is 25.9 Å². The van der Waals surface area contributed by atoms with E-state index in [-0.39, 0.29) is 18.3 Å². The number of thioether (sulfide) groups is 1. The summed E-state index contributed by atoms with van der Waals surface area (Å²) in [5.74, 6) is 1.68. The fourth-order valence-corrected chi connectivity index (χ4v) is 3.36. The minimum Gasteiger partial charge on any atom is -0.342 e. The van der Waals surface area contributed by atoms with E-state index in [1.54, 1.807) is 11.8 Å². The lowest BCUT2D eigenvalue weighted by Gasteiger charge is -2.31. The summed E-state index contributed by atoms with van der Waals surface area (Å²) in [6.07, 6.45) is 2.12. The summed E-state index contributed by atoms with van der Waals surface area (Å²) in [5.41, 5.74) is 1.21. The molecule has 1 heterocycles. The Kier molecular flexibility index (Phi) is 8.49. The monoisotopic (exact) mass is 348 g/mol. The van der Waals surface area contributed by atoms with Crippen molar-refractivity contribution in [1.82, 2.24) is 10.2 Å². The van der Waals surface area contributed by atoms with Gasteiger partial charge >= 0.3 is 0 Å². The lowest BCUT2D eigenvalue weighted by atomic mass is 10.1. The summed E-state index contributed by atoms with van der Waals surface area (Å²) in [5, 5.41) is 4.03. The van der Waals surface area contributed by atoms with Gasteiger partial charge in [-0.05, 0) is 37.6 Å². The Morgan fingerprint density at radius 1 is 1.33 bits per heavy atom. The second kappa shape index (κ2) is 9.57. The molecule has 0 aliphatic carbocycles. The molecule has 0 bridgehead atoms. The largest absolute Gasteiger partial charge is 0.342 e. The highest BCUT2D eigenvalue weighted by Gasteiger charge is 2.21. The van der Waals surface area contributed by atoms with Gasteiger partial charge in [0.2, 0.25) is 5.91 Å². The lowest BCUT2D eigenvalue weighted by Crippen LogP contribution is -2.44. The Morgan fingerprint density at radius 2 is 1.95 bits per heavy atom. The number of nitrogens with one attached hydrogen (secondary N) is 1. The first-order valence-electron chi connectivity index (χ1n) is 6.96. The van der Waals surface area contributed by atoms with Gasteiger partial charge in [0.1, 0.15) is 0 Å². The molecule has 21 heavy (non-hydrogen) atoms. The minimum atomic E-state index is 0. The predicted octanol–water partition coefficient (Wildman–Crippen LogP) is 3.21. The van der Waals surface area contributed by atoms with Gasteiger partial charge in [-0.1, -0.05) is 23.7 Å². The highest BCUT2D eigenvalue weighted by molar-refractivity contribution is 7.99. The van der Waals surface area contributed by atoms with Gasteiger partial charge in [-0.15, -0.1) is 24.2 Å². The summed E-state index contributed by atoms with van der Waals surface area (Å²) in [4.78, 5) is 14.1. The van der Waals surface area contributed by atoms with Crippen molar-refractivity contribution in [1.29, 1.82) is 0 Å². The van der Waals surface area contributed by atoms with Crippen molar-refractivity contribution >= 4 is 41.7 Å². The average Bonchev–Trinajstić information content (AvgIpc) is 2.49. The second-order valence-corrected chi connectivity index (χ2v) is 6.49. The number of amides is 1. The summed E-state index contributed by atoms with van der Waals surface area (Å²) in [6.45, 7) is 1.76. The molecular weight excluding hydrogens is 327 g/mol. The van der Waals surface area contributed by atoms with Crippen LogP contribution in [0.25, 0.3) is 0 Å². The molecule has 1 aliphatic heterocycles. The molecule has 1 aromatic rings. The molecule has 1 saturated heterocycles. The molecule has 1 N–H and O–H groups in total. The fourth-order valence-electron chi connectivity index (χ4n) is 2.35. The molecule has 3 nitrogen and oxygen atoms in total. The summed E-state index contributed by atoms with van der Waals surface area (Å²) in [7, 11) is 1.99. The van der Waals surface area contributed by atoms with Crippen LogP contribution in [0, 0.1) is 0 Å². The number of rotatable bonds is 5. The number of piperidine rings is 1. The summed E-state index contributed by atoms with van der Waals surface area (Å²) >= 11 is 7.52. The van der Waals surface area contributed by atoms with Crippen LogP contribution in [0.5, 0.6) is 0 Å². The zero-order valence-corrected chi connectivity index (χ0v) is 14.6. The maximum Gasteiger partial charge on any atom is 0.232 e. The maximum atomic E-state index is 12.1. The van der Waals surface area contributed by atoms with Gasteiger partial charge in [0.15, 0.2) is 0 Å². The Morgan fingerprint density at radius 3 is 2.52 bits per heavy atom. The van der Waals surface area contributed by atoms with Crippen LogP contribution in [-0.4, -0.2) is 42.7 Å². The standard InChI is InChI=1S/C15H21ClN2OS.ClH/c1-17-14-6-8-18(9-7-14)15(19)11-20-10-12-2-4-13(16)5-3-12;/h2-5,14,17H,6-11H2,1H3;1H. The van der Waals surface area contributed by atoms with Crippen molar-refractivity contribution < 1.29 is 4.79 Å². The number of carbonyl (C=O) groups is 1. The quantitative estimate of drug-likeness (QED) is 0.886. The van der Waals surface area contributed by atoms with Crippen LogP contribution in [0.1, 0.15) is 18.4 Å². The van der Waals surface area contributed by atoms with E-state index in [0.29, 0.717) is 11.8 Å². The molecule has 1 aromatic carbocycles. The SMILES string of the molecule is CNC1CCN(C(=O)CSCc2ccc(Cl)cc2)CC1.Cl. The summed E-state index contributed by atoms with van der Waals surface area (Å²) in [6, 6.07) is 8.38. The third-order valence-corrected chi connectivity index (χ3v) is 4.90. The number of nitrogens with zero attached hydrogens (tertiary/aromatic N) is 1. The van der Waals surface area contributed by atoms with Crippen molar-refractivity contribution in [3.63, 3.8) is 0 Å². The number of likely N-dealkylation sites (tertiary alicyclic amines) is 1. The molecule has 1 aliphatic rings. The third-order valence-electron chi connectivity index (χ3n) is 3.66. The smallest absolute Gasteiger partial charge is 0.232 e. The van der Waals surface area contributed by atoms with Crippen LogP contribution in [-0.2, 0) is 10.5 Å². The normalized spacial score (nSPS) is 15.6. The minimum absolute atomic E-state index is 0. The maximum absolute atomic E-state index is 12.1. The van der Waals surface area contributed by atoms with Gasteiger partial charge in [0.05, 0.1) is 5.75 Å². The Labute approximate surface area is 142 Å². The van der Waals surface area contributed by atoms with Crippen LogP contribution in [0.4, 0.5) is 0 Å². The zero-order chi connectivity index (χ0) is 14.4. The summed E-state index contributed by atoms with van der Waals surface area (Å²) < 4.78 is 0. The van der Waals surface area contributed by atoms with Gasteiger partial charge < -0.3 is 10.2 Å². The topological polar surface area (TPSA) is 32.3 Å². The fraction of sp³-hybridized carbons (Fsp3) is 0.533. The first-order chi connectivity index (χ1) is 9.69. The van der Waals surface area contributed by atoms with E-state index in [1.807, 2.05) is 36.2 Å². The molecule has 0 atom stereocenters. The molecule has 0 saturated carbocycles. The Bertz CT molecular complexity index is 434. The molecule has 1 amide bonds. The van der Waals surface area contributed by atoms with Crippen LogP contribution in [0.2, 0.25) is 5.02 Å². The highest BCUT2D eigenvalue weighted by atomic mass is 35.5. The van der Waals surface area contributed by atoms with Crippen molar-refractivity contribution in [3.05, 3.63) is 34.9 Å². The number of benzene rings is 1. The van der Waals surface area contributed by atoms with Crippen LogP contribution in [0.15, 0.2) is 24.3 Å². The average molecular weight is 349 g/mol. The van der Waals surface area contributed by atoms with Crippen LogP contribution in [0.3, 0.4) is 0 Å². The molecule has 2 rings (SSSR count). The zero-order valence-electron chi connectivity index (χ0n) is 12.2. The van der Waals surface area contributed by atoms with Gasteiger partial charge in [0, 0.05) is 29.9 Å². The lowest BCUT2D eigenvalue weighted by molar-refractivity contribution is -0.129. The predicted molar refractivity (Wildman–Crippen MR) is 93.5 cm³/mol. The number of carbonyl (C=O) groups excluding carboxylic acids is 1. The second-order valence-electron chi connectivity index (χ2n) is 5.06. The van der Waals surface area contributed by atoms with Crippen molar-refractivity contribution in [2.45, 2.75) is 24.6 Å². The molecule has 0 radical (unpaired) electrons.